The molecule has 0 fully saturated rings. The Morgan fingerprint density at radius 2 is 1.83 bits per heavy atom. The number of halogens is 1. The summed E-state index contributed by atoms with van der Waals surface area (Å²) in [5.74, 6) is 2.24. The number of benzene rings is 2. The third-order valence-corrected chi connectivity index (χ3v) is 4.40. The number of nitrogens with one attached hydrogen (secondary N) is 2. The summed E-state index contributed by atoms with van der Waals surface area (Å²) in [6.45, 7) is 5.53. The van der Waals surface area contributed by atoms with Crippen LogP contribution in [0.1, 0.15) is 30.9 Å². The minimum atomic E-state index is 0. The molecule has 2 N–H and O–H groups in total. The highest BCUT2D eigenvalue weighted by atomic mass is 127. The first-order valence-corrected chi connectivity index (χ1v) is 9.82. The molecule has 158 valence electrons. The van der Waals surface area contributed by atoms with E-state index in [1.807, 2.05) is 30.3 Å². The van der Waals surface area contributed by atoms with E-state index in [0.717, 1.165) is 36.6 Å². The van der Waals surface area contributed by atoms with Gasteiger partial charge in [0, 0.05) is 38.4 Å². The van der Waals surface area contributed by atoms with Gasteiger partial charge in [-0.1, -0.05) is 31.2 Å². The Bertz CT molecular complexity index is 799. The number of guanidine groups is 1. The number of aliphatic imine (C=N–C) groups is 1. The molecule has 0 amide bonds. The van der Waals surface area contributed by atoms with Gasteiger partial charge < -0.3 is 24.8 Å². The van der Waals surface area contributed by atoms with Crippen LogP contribution in [0, 0.1) is 0 Å². The van der Waals surface area contributed by atoms with Gasteiger partial charge in [0.2, 0.25) is 0 Å². The molecule has 0 saturated heterocycles. The maximum absolute atomic E-state index is 5.76. The van der Waals surface area contributed by atoms with E-state index in [0.29, 0.717) is 32.3 Å². The van der Waals surface area contributed by atoms with Crippen molar-refractivity contribution in [1.82, 2.24) is 5.32 Å². The zero-order chi connectivity index (χ0) is 19.6. The molecule has 0 unspecified atom stereocenters. The molecule has 1 heterocycles. The Labute approximate surface area is 190 Å². The second-order valence-corrected chi connectivity index (χ2v) is 6.58. The smallest absolute Gasteiger partial charge is 0.195 e. The monoisotopic (exact) mass is 511 g/mol. The van der Waals surface area contributed by atoms with Crippen LogP contribution in [0.15, 0.2) is 47.5 Å². The lowest BCUT2D eigenvalue weighted by Gasteiger charge is -2.15. The average molecular weight is 511 g/mol. The molecule has 0 aromatic heterocycles. The van der Waals surface area contributed by atoms with Crippen LogP contribution in [0.4, 0.5) is 5.69 Å². The van der Waals surface area contributed by atoms with Gasteiger partial charge in [0.25, 0.3) is 0 Å². The quantitative estimate of drug-likeness (QED) is 0.247. The van der Waals surface area contributed by atoms with Crippen LogP contribution in [0.25, 0.3) is 0 Å². The Kier molecular flexibility index (Phi) is 10.1. The molecular weight excluding hydrogens is 481 g/mol. The molecule has 1 aliphatic rings. The van der Waals surface area contributed by atoms with E-state index in [9.17, 15) is 0 Å². The first-order chi connectivity index (χ1) is 13.8. The highest BCUT2D eigenvalue weighted by molar-refractivity contribution is 14.0. The first-order valence-electron chi connectivity index (χ1n) is 9.82. The molecule has 1 aliphatic heterocycles. The maximum atomic E-state index is 5.76. The van der Waals surface area contributed by atoms with Gasteiger partial charge in [-0.05, 0) is 29.7 Å². The zero-order valence-corrected chi connectivity index (χ0v) is 19.4. The maximum Gasteiger partial charge on any atom is 0.195 e. The van der Waals surface area contributed by atoms with E-state index < -0.39 is 0 Å². The van der Waals surface area contributed by atoms with Crippen molar-refractivity contribution in [2.75, 3.05) is 32.2 Å². The number of ether oxygens (including phenoxy) is 3. The molecule has 6 nitrogen and oxygen atoms in total. The Hall–Kier alpha value is -2.00. The van der Waals surface area contributed by atoms with E-state index in [4.69, 9.17) is 14.2 Å². The number of hydrogen-bond donors (Lipinski definition) is 2. The number of hydrogen-bond acceptors (Lipinski definition) is 4. The van der Waals surface area contributed by atoms with Crippen molar-refractivity contribution >= 4 is 35.6 Å². The van der Waals surface area contributed by atoms with Crippen LogP contribution < -0.4 is 20.1 Å². The number of nitrogens with zero attached hydrogens (tertiary/aromatic N) is 1. The van der Waals surface area contributed by atoms with Gasteiger partial charge in [-0.2, -0.15) is 0 Å². The van der Waals surface area contributed by atoms with Crippen LogP contribution >= 0.6 is 24.0 Å². The van der Waals surface area contributed by atoms with Crippen molar-refractivity contribution in [3.63, 3.8) is 0 Å². The van der Waals surface area contributed by atoms with E-state index >= 15 is 0 Å². The summed E-state index contributed by atoms with van der Waals surface area (Å²) in [5, 5.41) is 6.68. The molecule has 0 spiro atoms. The molecule has 3 rings (SSSR count). The molecule has 29 heavy (non-hydrogen) atoms. The van der Waals surface area contributed by atoms with Crippen LogP contribution in [-0.4, -0.2) is 32.8 Å². The average Bonchev–Trinajstić information content (AvgIpc) is 2.97. The second kappa shape index (κ2) is 12.5. The van der Waals surface area contributed by atoms with Crippen LogP contribution in [0.5, 0.6) is 11.5 Å². The SMILES string of the molecule is CCCOCc1ccccc1CNC(=NC)Nc1ccc2c(c1)OCCCO2.I. The van der Waals surface area contributed by atoms with E-state index in [2.05, 4.69) is 34.7 Å². The van der Waals surface area contributed by atoms with Crippen molar-refractivity contribution in [2.24, 2.45) is 4.99 Å². The van der Waals surface area contributed by atoms with Gasteiger partial charge >= 0.3 is 0 Å². The molecule has 7 heteroatoms. The van der Waals surface area contributed by atoms with Crippen molar-refractivity contribution < 1.29 is 14.2 Å². The first kappa shape index (κ1) is 23.3. The Morgan fingerprint density at radius 1 is 1.07 bits per heavy atom. The van der Waals surface area contributed by atoms with E-state index in [1.54, 1.807) is 7.05 Å². The van der Waals surface area contributed by atoms with E-state index in [1.165, 1.54) is 11.1 Å². The minimum Gasteiger partial charge on any atom is -0.490 e. The summed E-state index contributed by atoms with van der Waals surface area (Å²) < 4.78 is 17.1. The second-order valence-electron chi connectivity index (χ2n) is 6.58. The summed E-state index contributed by atoms with van der Waals surface area (Å²) in [6.07, 6.45) is 1.91. The zero-order valence-electron chi connectivity index (χ0n) is 17.1. The van der Waals surface area contributed by atoms with Gasteiger partial charge in [-0.25, -0.2) is 0 Å². The fourth-order valence-corrected chi connectivity index (χ4v) is 2.93. The highest BCUT2D eigenvalue weighted by Crippen LogP contribution is 2.32. The largest absolute Gasteiger partial charge is 0.490 e. The van der Waals surface area contributed by atoms with Crippen LogP contribution in [0.3, 0.4) is 0 Å². The summed E-state index contributed by atoms with van der Waals surface area (Å²) in [6, 6.07) is 14.1. The molecule has 0 atom stereocenters. The molecule has 0 saturated carbocycles. The fourth-order valence-electron chi connectivity index (χ4n) is 2.93. The predicted molar refractivity (Wildman–Crippen MR) is 128 cm³/mol. The number of rotatable bonds is 7. The fraction of sp³-hybridized carbons (Fsp3) is 0.409. The lowest BCUT2D eigenvalue weighted by atomic mass is 10.1. The molecule has 0 aliphatic carbocycles. The lowest BCUT2D eigenvalue weighted by Crippen LogP contribution is -2.30. The molecule has 2 aromatic carbocycles. The third kappa shape index (κ3) is 7.08. The molecule has 2 aromatic rings. The highest BCUT2D eigenvalue weighted by Gasteiger charge is 2.11. The summed E-state index contributed by atoms with van der Waals surface area (Å²) in [4.78, 5) is 4.33. The molecule has 0 bridgehead atoms. The number of fused-ring (bicyclic) bond motifs is 1. The topological polar surface area (TPSA) is 64.1 Å². The third-order valence-electron chi connectivity index (χ3n) is 4.40. The van der Waals surface area contributed by atoms with Gasteiger partial charge in [-0.3, -0.25) is 4.99 Å². The van der Waals surface area contributed by atoms with Crippen molar-refractivity contribution in [3.8, 4) is 11.5 Å². The Balaban J connectivity index is 0.00000300. The minimum absolute atomic E-state index is 0. The van der Waals surface area contributed by atoms with E-state index in [-0.39, 0.29) is 24.0 Å². The van der Waals surface area contributed by atoms with Crippen molar-refractivity contribution in [2.45, 2.75) is 32.9 Å². The predicted octanol–water partition coefficient (Wildman–Crippen LogP) is 4.58. The summed E-state index contributed by atoms with van der Waals surface area (Å²) in [5.41, 5.74) is 3.28. The van der Waals surface area contributed by atoms with Crippen molar-refractivity contribution in [1.29, 1.82) is 0 Å². The lowest BCUT2D eigenvalue weighted by molar-refractivity contribution is 0.121. The van der Waals surface area contributed by atoms with Crippen LogP contribution in [-0.2, 0) is 17.9 Å². The molecular formula is C22H30IN3O3. The van der Waals surface area contributed by atoms with Gasteiger partial charge in [0.15, 0.2) is 17.5 Å². The summed E-state index contributed by atoms with van der Waals surface area (Å²) >= 11 is 0. The summed E-state index contributed by atoms with van der Waals surface area (Å²) in [7, 11) is 1.76. The standard InChI is InChI=1S/C22H29N3O3.HI/c1-3-11-26-16-18-8-5-4-7-17(18)15-24-22(23-2)25-19-9-10-20-21(14-19)28-13-6-12-27-20;/h4-5,7-10,14H,3,6,11-13,15-16H2,1-2H3,(H2,23,24,25);1H. The van der Waals surface area contributed by atoms with Gasteiger partial charge in [0.05, 0.1) is 19.8 Å². The van der Waals surface area contributed by atoms with Crippen LogP contribution in [0.2, 0.25) is 0 Å². The van der Waals surface area contributed by atoms with Crippen molar-refractivity contribution in [3.05, 3.63) is 53.6 Å². The molecule has 0 radical (unpaired) electrons. The van der Waals surface area contributed by atoms with Gasteiger partial charge in [0.1, 0.15) is 0 Å². The van der Waals surface area contributed by atoms with Gasteiger partial charge in [-0.15, -0.1) is 24.0 Å². The number of anilines is 1. The normalized spacial score (nSPS) is 13.2. The Morgan fingerprint density at radius 3 is 2.59 bits per heavy atom.